The number of carboxylic acid groups (broad SMARTS) is 10. The van der Waals surface area contributed by atoms with Crippen LogP contribution in [0.4, 0.5) is 11.6 Å². The van der Waals surface area contributed by atoms with Gasteiger partial charge in [-0.2, -0.15) is 0 Å². The van der Waals surface area contributed by atoms with E-state index in [2.05, 4.69) is 15.1 Å². The molecule has 13 N–H and O–H groups in total. The summed E-state index contributed by atoms with van der Waals surface area (Å²) >= 11 is 1.60. The van der Waals surface area contributed by atoms with Crippen LogP contribution in [0.2, 0.25) is 0 Å². The van der Waals surface area contributed by atoms with Crippen molar-refractivity contribution in [2.75, 3.05) is 17.2 Å². The number of rotatable bonds is 30. The van der Waals surface area contributed by atoms with Gasteiger partial charge in [0, 0.05) is 84.7 Å². The fourth-order valence-corrected chi connectivity index (χ4v) is 14.1. The minimum atomic E-state index is -2.38. The summed E-state index contributed by atoms with van der Waals surface area (Å²) in [5.41, 5.74) is -1.30. The summed E-state index contributed by atoms with van der Waals surface area (Å²) in [5.74, 6) is -14.3. The van der Waals surface area contributed by atoms with E-state index in [-0.39, 0.29) is 49.7 Å². The van der Waals surface area contributed by atoms with Gasteiger partial charge in [-0.3, -0.25) is 4.79 Å². The van der Waals surface area contributed by atoms with Gasteiger partial charge >= 0.3 is 59.7 Å². The van der Waals surface area contributed by atoms with Crippen LogP contribution >= 0.6 is 11.3 Å². The number of ether oxygens (including phenoxy) is 5. The Morgan fingerprint density at radius 2 is 0.693 bits per heavy atom. The van der Waals surface area contributed by atoms with Crippen molar-refractivity contribution in [2.45, 2.75) is 219 Å². The maximum atomic E-state index is 11.8. The molecule has 1 fully saturated rings. The highest BCUT2D eigenvalue weighted by Crippen LogP contribution is 2.37. The van der Waals surface area contributed by atoms with Gasteiger partial charge in [-0.1, -0.05) is 139 Å². The number of carbonyl (C=O) groups excluding carboxylic acids is 1. The minimum Gasteiger partial charge on any atom is -0.507 e. The lowest BCUT2D eigenvalue weighted by Gasteiger charge is -2.33. The van der Waals surface area contributed by atoms with Gasteiger partial charge in [0.2, 0.25) is 11.9 Å². The van der Waals surface area contributed by atoms with Gasteiger partial charge in [0.15, 0.2) is 0 Å². The van der Waals surface area contributed by atoms with E-state index >= 15 is 0 Å². The molecule has 9 aromatic rings. The first-order valence-corrected chi connectivity index (χ1v) is 40.5. The number of amides is 1. The Morgan fingerprint density at radius 1 is 0.394 bits per heavy atom. The van der Waals surface area contributed by atoms with Crippen molar-refractivity contribution in [3.8, 4) is 49.6 Å². The van der Waals surface area contributed by atoms with E-state index in [4.69, 9.17) is 33.9 Å². The first-order chi connectivity index (χ1) is 58.7. The Bertz CT molecular complexity index is 5260. The molecule has 1 aliphatic rings. The number of hydrogen-bond acceptors (Lipinski definition) is 23. The maximum absolute atomic E-state index is 11.8. The van der Waals surface area contributed by atoms with Gasteiger partial charge in [-0.05, 0) is 204 Å². The number of hydrogen-bond donors (Lipinski definition) is 12. The highest BCUT2D eigenvalue weighted by Gasteiger charge is 2.55. The van der Waals surface area contributed by atoms with Gasteiger partial charge < -0.3 is 95.0 Å². The lowest BCUT2D eigenvalue weighted by Crippen LogP contribution is -2.54. The Balaban J connectivity index is 0.000000245. The topological polar surface area (TPSA) is 538 Å². The second-order valence-electron chi connectivity index (χ2n) is 34.8. The molecular formula is C93H109N5O28S. The molecule has 0 radical (unpaired) electrons. The zero-order valence-corrected chi connectivity index (χ0v) is 74.4. The van der Waals surface area contributed by atoms with Crippen LogP contribution in [-0.4, -0.2) is 199 Å². The molecule has 10 rings (SSSR count). The van der Waals surface area contributed by atoms with Crippen LogP contribution < -0.4 is 10.6 Å². The van der Waals surface area contributed by atoms with Gasteiger partial charge in [0.25, 0.3) is 28.0 Å². The number of carbonyl (C=O) groups is 11. The quantitative estimate of drug-likeness (QED) is 0.0186. The summed E-state index contributed by atoms with van der Waals surface area (Å²) in [6.07, 6.45) is 2.96. The van der Waals surface area contributed by atoms with Crippen LogP contribution in [0.3, 0.4) is 0 Å². The number of benzene rings is 6. The van der Waals surface area contributed by atoms with E-state index in [1.54, 1.807) is 273 Å². The molecule has 33 nitrogen and oxygen atoms in total. The number of phenols is 1. The summed E-state index contributed by atoms with van der Waals surface area (Å²) in [4.78, 5) is 140. The van der Waals surface area contributed by atoms with Crippen LogP contribution in [0.25, 0.3) is 43.8 Å². The highest BCUT2D eigenvalue weighted by molar-refractivity contribution is 7.13. The minimum absolute atomic E-state index is 0.0502. The van der Waals surface area contributed by atoms with Crippen LogP contribution in [0.5, 0.6) is 5.75 Å². The zero-order chi connectivity index (χ0) is 95.6. The van der Waals surface area contributed by atoms with Crippen molar-refractivity contribution in [3.63, 3.8) is 0 Å². The third-order valence-corrected chi connectivity index (χ3v) is 19.5. The largest absolute Gasteiger partial charge is 0.507 e. The van der Waals surface area contributed by atoms with Gasteiger partial charge in [-0.25, -0.2) is 57.9 Å². The molecule has 0 aliphatic carbocycles. The first-order valence-electron chi connectivity index (χ1n) is 39.7. The number of nitrogen functional groups attached to an aromatic ring is 1. The highest BCUT2D eigenvalue weighted by atomic mass is 32.1. The third-order valence-electron chi connectivity index (χ3n) is 18.6. The monoisotopic (exact) mass is 1780 g/mol. The molecule has 3 aromatic heterocycles. The number of aromatic nitrogens is 3. The fourth-order valence-electron chi connectivity index (χ4n) is 13.3. The molecule has 1 saturated heterocycles. The molecule has 0 unspecified atom stereocenters. The van der Waals surface area contributed by atoms with Gasteiger partial charge in [0.05, 0.1) is 33.7 Å². The Kier molecular flexibility index (Phi) is 33.8. The van der Waals surface area contributed by atoms with Gasteiger partial charge in [-0.15, -0.1) is 11.3 Å². The number of anilines is 2. The molecule has 6 aromatic carbocycles. The Hall–Kier alpha value is -13.1. The third kappa shape index (κ3) is 27.9. The molecule has 4 heterocycles. The molecule has 0 bridgehead atoms. The van der Waals surface area contributed by atoms with Crippen molar-refractivity contribution >= 4 is 88.6 Å². The van der Waals surface area contributed by atoms with E-state index in [0.29, 0.717) is 52.1 Å². The second kappa shape index (κ2) is 41.8. The van der Waals surface area contributed by atoms with Crippen LogP contribution in [-0.2, 0) is 109 Å². The van der Waals surface area contributed by atoms with Crippen LogP contribution in [0, 0.1) is 13.8 Å². The van der Waals surface area contributed by atoms with Crippen molar-refractivity contribution in [1.29, 1.82) is 0 Å². The summed E-state index contributed by atoms with van der Waals surface area (Å²) in [7, 11) is 0. The summed E-state index contributed by atoms with van der Waals surface area (Å²) in [6.45, 7) is 28.5. The number of aryl methyl sites for hydroxylation is 2. The summed E-state index contributed by atoms with van der Waals surface area (Å²) < 4.78 is 32.4. The smallest absolute Gasteiger partial charge is 0.348 e. The summed E-state index contributed by atoms with van der Waals surface area (Å²) in [6, 6.07) is 45.0. The average Bonchev–Trinajstić information content (AvgIpc) is 1.06. The molecule has 0 atom stereocenters. The lowest BCUT2D eigenvalue weighted by atomic mass is 9.92. The van der Waals surface area contributed by atoms with E-state index in [1.807, 2.05) is 36.6 Å². The number of thiophene rings is 1. The van der Waals surface area contributed by atoms with Crippen molar-refractivity contribution in [1.82, 2.24) is 15.1 Å². The number of aliphatic carboxylic acids is 10. The second-order valence-corrected chi connectivity index (χ2v) is 35.7. The van der Waals surface area contributed by atoms with E-state index in [0.717, 1.165) is 56.1 Å². The number of carboxylic acids is 10. The maximum Gasteiger partial charge on any atom is 0.348 e. The average molecular weight is 1780 g/mol. The van der Waals surface area contributed by atoms with Crippen molar-refractivity contribution < 1.29 is 137 Å². The molecule has 0 spiro atoms. The SMILES string of the molecule is CC(C)(C)OC(Cc1ccc(-c2ccccc2O)cc1)(C(=O)O)C(=O)O.CC(C)(C)OC(Cc1ccc(-c2cccs2)cc1)(C(=O)O)C(=O)O.CC(C)(C)OC(Cc1ccc(-c2cnc(N)nc2)cc1)(C(=O)O)C(=O)O.CC(C)(C)OC(Cc1ccc(N2CCCC2=O)cc1)(C(=O)O)C(=O)O.Cc1noc(C)c1-c1ccc(CC(OC(C)(C)C)(C(=O)O)C(=O)O)cc1. The molecule has 1 amide bonds. The molecular weight excluding hydrogens is 1670 g/mol. The molecule has 127 heavy (non-hydrogen) atoms. The number of nitrogens with two attached hydrogens (primary N) is 1. The molecule has 1 aliphatic heterocycles. The lowest BCUT2D eigenvalue weighted by molar-refractivity contribution is -0.200. The Morgan fingerprint density at radius 3 is 0.961 bits per heavy atom. The van der Waals surface area contributed by atoms with E-state index in [1.165, 1.54) is 0 Å². The number of nitrogens with zero attached hydrogens (tertiary/aromatic N) is 4. The predicted molar refractivity (Wildman–Crippen MR) is 467 cm³/mol. The van der Waals surface area contributed by atoms with Crippen molar-refractivity contribution in [3.05, 3.63) is 215 Å². The van der Waals surface area contributed by atoms with E-state index in [9.17, 15) is 109 Å². The normalized spacial score (nSPS) is 12.7. The summed E-state index contributed by atoms with van der Waals surface area (Å²) in [5, 5.41) is 111. The fraction of sp³-hybridized carbons (Fsp3) is 0.376. The Labute approximate surface area is 737 Å². The molecule has 34 heteroatoms. The molecule has 680 valence electrons. The standard InChI is InChI=1S/C20H22O6.C19H23NO6.C18H21N3O5.C18H23NO6.C18H20O5S/c1-19(2,3)26-20(17(22)23,18(24)25)12-13-8-10-14(11-9-13)15-6-4-5-7-16(15)21;1-11-15(12(2)25-20-11)14-8-6-13(7-9-14)10-19(16(21)22,17(23)24)26-18(3,4)5;1-17(2,3)26-18(14(22)23,15(24)25)8-11-4-6-12(7-5-11)13-9-20-16(19)21-10-13;1-17(2,3)25-18(15(21)22,16(23)24)11-12-6-8-13(9-7-12)19-10-4-5-14(19)20;1-17(2,3)23-18(15(19)20,16(21)22)11-12-6-8-13(9-7-12)14-5-4-10-24-14/h4-11,21H,12H2,1-3H3,(H,22,23)(H,24,25);6-9H,10H2,1-5H3,(H,21,22)(H,23,24);4-7,9-10H,8H2,1-3H3,(H,22,23)(H,24,25)(H2,19,20,21);6-9H,4-5,10-11H2,1-3H3,(H,21,22)(H,23,24);4-10H,11H2,1-3H3,(H,19,20)(H,21,22). The first kappa shape index (κ1) is 103. The number of phenolic OH excluding ortho intramolecular Hbond substituents is 1. The van der Waals surface area contributed by atoms with Crippen LogP contribution in [0.15, 0.2) is 180 Å². The van der Waals surface area contributed by atoms with Crippen molar-refractivity contribution in [2.24, 2.45) is 0 Å². The number of para-hydroxylation sites is 1. The molecule has 0 saturated carbocycles. The number of aromatic hydroxyl groups is 1. The predicted octanol–water partition coefficient (Wildman–Crippen LogP) is 14.3. The van der Waals surface area contributed by atoms with E-state index < -0.39 is 116 Å². The zero-order valence-electron chi connectivity index (χ0n) is 73.5. The van der Waals surface area contributed by atoms with Crippen LogP contribution in [0.1, 0.15) is 156 Å². The van der Waals surface area contributed by atoms with Gasteiger partial charge in [0.1, 0.15) is 11.5 Å².